The lowest BCUT2D eigenvalue weighted by Crippen LogP contribution is -2.38. The van der Waals surface area contributed by atoms with Crippen LogP contribution in [0.15, 0.2) is 30.3 Å². The summed E-state index contributed by atoms with van der Waals surface area (Å²) in [5.41, 5.74) is 0.881. The van der Waals surface area contributed by atoms with E-state index in [-0.39, 0.29) is 18.4 Å². The molecule has 0 saturated carbocycles. The lowest BCUT2D eigenvalue weighted by Gasteiger charge is -2.25. The topological polar surface area (TPSA) is 66.8 Å². The number of hydrogen-bond donors (Lipinski definition) is 1. The van der Waals surface area contributed by atoms with Crippen molar-refractivity contribution < 1.29 is 19.4 Å². The first-order valence-electron chi connectivity index (χ1n) is 6.82. The Morgan fingerprint density at radius 3 is 2.43 bits per heavy atom. The van der Waals surface area contributed by atoms with Crippen LogP contribution in [0.5, 0.6) is 5.75 Å². The van der Waals surface area contributed by atoms with Crippen LogP contribution in [-0.4, -0.2) is 41.6 Å². The van der Waals surface area contributed by atoms with Gasteiger partial charge in [-0.3, -0.25) is 9.59 Å². The van der Waals surface area contributed by atoms with Gasteiger partial charge < -0.3 is 14.7 Å². The molecule has 1 amide bonds. The maximum Gasteiger partial charge on any atom is 0.305 e. The summed E-state index contributed by atoms with van der Waals surface area (Å²) in [6.45, 7) is 4.04. The first-order valence-corrected chi connectivity index (χ1v) is 6.82. The minimum atomic E-state index is -0.909. The molecule has 1 atom stereocenters. The van der Waals surface area contributed by atoms with Crippen molar-refractivity contribution in [2.45, 2.75) is 26.3 Å². The SMILES string of the molecule is CCN(C(=O)C=Cc1ccc(OC)cc1)C(C)CC(=O)O. The Morgan fingerprint density at radius 2 is 1.95 bits per heavy atom. The number of likely N-dealkylation sites (N-methyl/N-ethyl adjacent to an activating group) is 1. The van der Waals surface area contributed by atoms with E-state index in [0.717, 1.165) is 11.3 Å². The van der Waals surface area contributed by atoms with Gasteiger partial charge in [0, 0.05) is 18.7 Å². The van der Waals surface area contributed by atoms with E-state index >= 15 is 0 Å². The highest BCUT2D eigenvalue weighted by Crippen LogP contribution is 2.13. The Bertz CT molecular complexity index is 508. The number of nitrogens with zero attached hydrogens (tertiary/aromatic N) is 1. The van der Waals surface area contributed by atoms with Crippen LogP contribution in [0.25, 0.3) is 6.08 Å². The molecule has 114 valence electrons. The fraction of sp³-hybridized carbons (Fsp3) is 0.375. The third-order valence-electron chi connectivity index (χ3n) is 3.16. The highest BCUT2D eigenvalue weighted by atomic mass is 16.5. The van der Waals surface area contributed by atoms with Crippen molar-refractivity contribution in [2.24, 2.45) is 0 Å². The Morgan fingerprint density at radius 1 is 1.33 bits per heavy atom. The largest absolute Gasteiger partial charge is 0.497 e. The fourth-order valence-corrected chi connectivity index (χ4v) is 2.03. The second-order valence-corrected chi connectivity index (χ2v) is 4.68. The first-order chi connectivity index (χ1) is 9.97. The molecule has 1 aromatic carbocycles. The number of methoxy groups -OCH3 is 1. The number of carboxylic acids is 1. The number of hydrogen-bond acceptors (Lipinski definition) is 3. The maximum absolute atomic E-state index is 12.1. The molecule has 1 unspecified atom stereocenters. The zero-order chi connectivity index (χ0) is 15.8. The third kappa shape index (κ3) is 5.30. The highest BCUT2D eigenvalue weighted by molar-refractivity contribution is 5.92. The molecule has 21 heavy (non-hydrogen) atoms. The summed E-state index contributed by atoms with van der Waals surface area (Å²) in [6, 6.07) is 6.99. The van der Waals surface area contributed by atoms with Gasteiger partial charge >= 0.3 is 5.97 Å². The number of carbonyl (C=O) groups excluding carboxylic acids is 1. The van der Waals surface area contributed by atoms with E-state index in [0.29, 0.717) is 6.54 Å². The van der Waals surface area contributed by atoms with E-state index in [4.69, 9.17) is 9.84 Å². The Hall–Kier alpha value is -2.30. The van der Waals surface area contributed by atoms with Crippen LogP contribution in [0.1, 0.15) is 25.8 Å². The van der Waals surface area contributed by atoms with Gasteiger partial charge in [0.05, 0.1) is 13.5 Å². The predicted octanol–water partition coefficient (Wildman–Crippen LogP) is 2.42. The zero-order valence-corrected chi connectivity index (χ0v) is 12.6. The molecule has 1 N–H and O–H groups in total. The number of aliphatic carboxylic acids is 1. The second-order valence-electron chi connectivity index (χ2n) is 4.68. The van der Waals surface area contributed by atoms with E-state index in [2.05, 4.69) is 0 Å². The fourth-order valence-electron chi connectivity index (χ4n) is 2.03. The monoisotopic (exact) mass is 291 g/mol. The molecule has 1 aromatic rings. The number of carbonyl (C=O) groups is 2. The molecule has 0 radical (unpaired) electrons. The Kier molecular flexibility index (Phi) is 6.46. The lowest BCUT2D eigenvalue weighted by molar-refractivity contribution is -0.139. The van der Waals surface area contributed by atoms with Crippen molar-refractivity contribution in [2.75, 3.05) is 13.7 Å². The van der Waals surface area contributed by atoms with Gasteiger partial charge in [-0.05, 0) is 37.6 Å². The van der Waals surface area contributed by atoms with E-state index in [1.807, 2.05) is 31.2 Å². The standard InChI is InChI=1S/C16H21NO4/c1-4-17(12(2)11-16(19)20)15(18)10-7-13-5-8-14(21-3)9-6-13/h5-10,12H,4,11H2,1-3H3,(H,19,20). The van der Waals surface area contributed by atoms with Crippen molar-refractivity contribution in [3.05, 3.63) is 35.9 Å². The number of rotatable bonds is 7. The first kappa shape index (κ1) is 16.8. The average molecular weight is 291 g/mol. The van der Waals surface area contributed by atoms with E-state index in [9.17, 15) is 9.59 Å². The van der Waals surface area contributed by atoms with Crippen LogP contribution in [0, 0.1) is 0 Å². The van der Waals surface area contributed by atoms with E-state index in [1.54, 1.807) is 20.1 Å². The summed E-state index contributed by atoms with van der Waals surface area (Å²) < 4.78 is 5.06. The molecule has 0 aliphatic carbocycles. The predicted molar refractivity (Wildman–Crippen MR) is 81.1 cm³/mol. The molecule has 0 aliphatic rings. The van der Waals surface area contributed by atoms with Gasteiger partial charge in [-0.15, -0.1) is 0 Å². The van der Waals surface area contributed by atoms with E-state index < -0.39 is 5.97 Å². The van der Waals surface area contributed by atoms with Crippen LogP contribution in [-0.2, 0) is 9.59 Å². The molecule has 0 aromatic heterocycles. The van der Waals surface area contributed by atoms with Gasteiger partial charge in [0.25, 0.3) is 0 Å². The van der Waals surface area contributed by atoms with Crippen molar-refractivity contribution in [3.63, 3.8) is 0 Å². The van der Waals surface area contributed by atoms with Crippen LogP contribution in [0.3, 0.4) is 0 Å². The summed E-state index contributed by atoms with van der Waals surface area (Å²) in [5, 5.41) is 8.80. The van der Waals surface area contributed by atoms with Gasteiger partial charge in [0.15, 0.2) is 0 Å². The van der Waals surface area contributed by atoms with Crippen LogP contribution in [0.2, 0.25) is 0 Å². The maximum atomic E-state index is 12.1. The minimum absolute atomic E-state index is 0.0596. The van der Waals surface area contributed by atoms with Gasteiger partial charge in [0.1, 0.15) is 5.75 Å². The number of ether oxygens (including phenoxy) is 1. The summed E-state index contributed by atoms with van der Waals surface area (Å²) >= 11 is 0. The van der Waals surface area contributed by atoms with Crippen molar-refractivity contribution in [3.8, 4) is 5.75 Å². The molecule has 0 aliphatic heterocycles. The number of benzene rings is 1. The second kappa shape index (κ2) is 8.09. The Balaban J connectivity index is 2.71. The molecule has 1 rings (SSSR count). The summed E-state index contributed by atoms with van der Waals surface area (Å²) in [7, 11) is 1.59. The normalized spacial score (nSPS) is 12.1. The molecule has 0 spiro atoms. The highest BCUT2D eigenvalue weighted by Gasteiger charge is 2.18. The van der Waals surface area contributed by atoms with Crippen molar-refractivity contribution in [1.82, 2.24) is 4.90 Å². The smallest absolute Gasteiger partial charge is 0.305 e. The quantitative estimate of drug-likeness (QED) is 0.783. The summed E-state index contributed by atoms with van der Waals surface area (Å²) in [4.78, 5) is 24.4. The van der Waals surface area contributed by atoms with Crippen molar-refractivity contribution in [1.29, 1.82) is 0 Å². The minimum Gasteiger partial charge on any atom is -0.497 e. The van der Waals surface area contributed by atoms with Gasteiger partial charge in [-0.25, -0.2) is 0 Å². The molecule has 5 nitrogen and oxygen atoms in total. The van der Waals surface area contributed by atoms with Gasteiger partial charge in [0.2, 0.25) is 5.91 Å². The van der Waals surface area contributed by atoms with Crippen LogP contribution >= 0.6 is 0 Å². The Labute approximate surface area is 124 Å². The number of carboxylic acid groups (broad SMARTS) is 1. The molecular weight excluding hydrogens is 270 g/mol. The van der Waals surface area contributed by atoms with Gasteiger partial charge in [-0.1, -0.05) is 12.1 Å². The van der Waals surface area contributed by atoms with Gasteiger partial charge in [-0.2, -0.15) is 0 Å². The molecule has 0 fully saturated rings. The molecule has 0 heterocycles. The summed E-state index contributed by atoms with van der Waals surface area (Å²) in [6.07, 6.45) is 3.11. The molecule has 5 heteroatoms. The van der Waals surface area contributed by atoms with Crippen LogP contribution in [0.4, 0.5) is 0 Å². The third-order valence-corrected chi connectivity index (χ3v) is 3.16. The van der Waals surface area contributed by atoms with Crippen LogP contribution < -0.4 is 4.74 Å². The van der Waals surface area contributed by atoms with Crippen molar-refractivity contribution >= 4 is 18.0 Å². The number of amides is 1. The average Bonchev–Trinajstić information content (AvgIpc) is 2.45. The molecular formula is C16H21NO4. The summed E-state index contributed by atoms with van der Waals surface area (Å²) in [5.74, 6) is -0.348. The lowest BCUT2D eigenvalue weighted by atomic mass is 10.1. The zero-order valence-electron chi connectivity index (χ0n) is 12.6. The van der Waals surface area contributed by atoms with E-state index in [1.165, 1.54) is 11.0 Å². The molecule has 0 saturated heterocycles. The molecule has 0 bridgehead atoms.